The van der Waals surface area contributed by atoms with Gasteiger partial charge in [-0.2, -0.15) is 0 Å². The lowest BCUT2D eigenvalue weighted by Gasteiger charge is -2.13. The van der Waals surface area contributed by atoms with Gasteiger partial charge in [0.25, 0.3) is 0 Å². The van der Waals surface area contributed by atoms with Gasteiger partial charge in [0, 0.05) is 21.8 Å². The molecule has 0 spiro atoms. The number of ketones is 1. The zero-order chi connectivity index (χ0) is 18.4. The molecule has 0 atom stereocenters. The van der Waals surface area contributed by atoms with Crippen molar-refractivity contribution in [2.24, 2.45) is 0 Å². The minimum Gasteiger partial charge on any atom is -0.455 e. The minimum absolute atomic E-state index is 0.0399. The summed E-state index contributed by atoms with van der Waals surface area (Å²) < 4.78 is 6.95. The Labute approximate surface area is 161 Å². The van der Waals surface area contributed by atoms with E-state index in [1.807, 2.05) is 73.7 Å². The summed E-state index contributed by atoms with van der Waals surface area (Å²) in [5.74, 6) is 1.39. The first-order valence-electron chi connectivity index (χ1n) is 8.19. The topological polar surface area (TPSA) is 38.3 Å². The van der Waals surface area contributed by atoms with Crippen molar-refractivity contribution in [2.45, 2.75) is 6.92 Å². The van der Waals surface area contributed by atoms with E-state index in [1.165, 1.54) is 0 Å². The van der Waals surface area contributed by atoms with Crippen LogP contribution in [0.1, 0.15) is 17.3 Å². The normalized spacial score (nSPS) is 11.1. The van der Waals surface area contributed by atoms with Crippen molar-refractivity contribution >= 4 is 27.4 Å². The van der Waals surface area contributed by atoms with Crippen molar-refractivity contribution in [3.05, 3.63) is 101 Å². The van der Waals surface area contributed by atoms with Crippen molar-refractivity contribution < 1.29 is 9.53 Å². The number of carbonyl (C=O) groups is 1. The van der Waals surface area contributed by atoms with Crippen LogP contribution in [0.15, 0.2) is 95.1 Å². The Kier molecular flexibility index (Phi) is 5.87. The number of hydrogen-bond acceptors (Lipinski definition) is 3. The Morgan fingerprint density at radius 2 is 1.58 bits per heavy atom. The van der Waals surface area contributed by atoms with Crippen molar-refractivity contribution in [3.63, 3.8) is 0 Å². The molecule has 3 rings (SSSR count). The zero-order valence-electron chi connectivity index (χ0n) is 14.3. The predicted molar refractivity (Wildman–Crippen MR) is 109 cm³/mol. The molecule has 1 N–H and O–H groups in total. The maximum Gasteiger partial charge on any atom is 0.187 e. The van der Waals surface area contributed by atoms with Gasteiger partial charge in [-0.15, -0.1) is 0 Å². The molecule has 3 aromatic rings. The van der Waals surface area contributed by atoms with Gasteiger partial charge >= 0.3 is 0 Å². The number of carbonyl (C=O) groups excluding carboxylic acids is 1. The van der Waals surface area contributed by atoms with E-state index >= 15 is 0 Å². The monoisotopic (exact) mass is 407 g/mol. The first-order chi connectivity index (χ1) is 12.6. The Morgan fingerprint density at radius 1 is 0.923 bits per heavy atom. The largest absolute Gasteiger partial charge is 0.455 e. The molecule has 0 radical (unpaired) electrons. The fourth-order valence-electron chi connectivity index (χ4n) is 2.42. The smallest absolute Gasteiger partial charge is 0.187 e. The van der Waals surface area contributed by atoms with Crippen LogP contribution >= 0.6 is 15.9 Å². The summed E-state index contributed by atoms with van der Waals surface area (Å²) in [6, 6.07) is 24.5. The van der Waals surface area contributed by atoms with Gasteiger partial charge in [-0.25, -0.2) is 0 Å². The van der Waals surface area contributed by atoms with Crippen molar-refractivity contribution in [1.29, 1.82) is 0 Å². The van der Waals surface area contributed by atoms with Crippen LogP contribution in [0, 0.1) is 0 Å². The lowest BCUT2D eigenvalue weighted by molar-refractivity contribution is 0.104. The van der Waals surface area contributed by atoms with E-state index in [0.29, 0.717) is 11.3 Å². The fourth-order valence-corrected chi connectivity index (χ4v) is 2.68. The molecule has 0 amide bonds. The first kappa shape index (κ1) is 18.0. The Hall–Kier alpha value is -2.85. The molecule has 26 heavy (non-hydrogen) atoms. The molecule has 3 nitrogen and oxygen atoms in total. The number of para-hydroxylation sites is 2. The number of nitrogens with one attached hydrogen (secondary N) is 1. The van der Waals surface area contributed by atoms with Gasteiger partial charge in [0.05, 0.1) is 5.69 Å². The van der Waals surface area contributed by atoms with Crippen molar-refractivity contribution in [3.8, 4) is 11.5 Å². The number of anilines is 1. The highest BCUT2D eigenvalue weighted by Crippen LogP contribution is 2.30. The molecule has 0 bridgehead atoms. The van der Waals surface area contributed by atoms with E-state index in [9.17, 15) is 4.79 Å². The third-order valence-corrected chi connectivity index (χ3v) is 4.19. The maximum absolute atomic E-state index is 12.3. The first-order valence-corrected chi connectivity index (χ1v) is 8.98. The average Bonchev–Trinajstić information content (AvgIpc) is 2.66. The van der Waals surface area contributed by atoms with Gasteiger partial charge in [0.1, 0.15) is 5.75 Å². The molecule has 4 heteroatoms. The van der Waals surface area contributed by atoms with Gasteiger partial charge in [0.15, 0.2) is 11.5 Å². The SMILES string of the molecule is CC(=CC(=O)c1ccccc1)Nc1ccccc1Oc1ccc(Br)cc1. The number of halogens is 1. The van der Waals surface area contributed by atoms with Crippen LogP contribution in [0.3, 0.4) is 0 Å². The lowest BCUT2D eigenvalue weighted by Crippen LogP contribution is -2.02. The molecule has 0 saturated carbocycles. The van der Waals surface area contributed by atoms with Gasteiger partial charge in [-0.3, -0.25) is 4.79 Å². The number of benzene rings is 3. The number of rotatable bonds is 6. The van der Waals surface area contributed by atoms with E-state index in [2.05, 4.69) is 21.2 Å². The van der Waals surface area contributed by atoms with Crippen LogP contribution in [-0.4, -0.2) is 5.78 Å². The summed E-state index contributed by atoms with van der Waals surface area (Å²) >= 11 is 3.41. The molecular weight excluding hydrogens is 390 g/mol. The number of ether oxygens (including phenoxy) is 1. The highest BCUT2D eigenvalue weighted by molar-refractivity contribution is 9.10. The molecule has 0 heterocycles. The quantitative estimate of drug-likeness (QED) is 0.377. The average molecular weight is 408 g/mol. The van der Waals surface area contributed by atoms with Crippen molar-refractivity contribution in [1.82, 2.24) is 0 Å². The summed E-state index contributed by atoms with van der Waals surface area (Å²) in [7, 11) is 0. The molecule has 0 saturated heterocycles. The second-order valence-corrected chi connectivity index (χ2v) is 6.65. The van der Waals surface area contributed by atoms with Crippen LogP contribution in [0.5, 0.6) is 11.5 Å². The van der Waals surface area contributed by atoms with Gasteiger partial charge in [-0.1, -0.05) is 58.4 Å². The van der Waals surface area contributed by atoms with Crippen LogP contribution < -0.4 is 10.1 Å². The molecule has 0 unspecified atom stereocenters. The van der Waals surface area contributed by atoms with E-state index in [0.717, 1.165) is 21.6 Å². The van der Waals surface area contributed by atoms with Crippen LogP contribution in [0.4, 0.5) is 5.69 Å². The van der Waals surface area contributed by atoms with Crippen LogP contribution in [0.25, 0.3) is 0 Å². The Balaban J connectivity index is 1.76. The highest BCUT2D eigenvalue weighted by Gasteiger charge is 2.07. The minimum atomic E-state index is -0.0399. The fraction of sp³-hybridized carbons (Fsp3) is 0.0455. The molecule has 0 aliphatic heterocycles. The summed E-state index contributed by atoms with van der Waals surface area (Å²) in [4.78, 5) is 12.3. The van der Waals surface area contributed by atoms with E-state index in [-0.39, 0.29) is 5.78 Å². The second-order valence-electron chi connectivity index (χ2n) is 5.73. The van der Waals surface area contributed by atoms with E-state index < -0.39 is 0 Å². The summed E-state index contributed by atoms with van der Waals surface area (Å²) in [6.45, 7) is 1.86. The molecule has 130 valence electrons. The van der Waals surface area contributed by atoms with Crippen LogP contribution in [0.2, 0.25) is 0 Å². The number of hydrogen-bond donors (Lipinski definition) is 1. The van der Waals surface area contributed by atoms with Crippen molar-refractivity contribution in [2.75, 3.05) is 5.32 Å². The highest BCUT2D eigenvalue weighted by atomic mass is 79.9. The summed E-state index contributed by atoms with van der Waals surface area (Å²) in [5.41, 5.74) is 2.20. The van der Waals surface area contributed by atoms with Gasteiger partial charge in [-0.05, 0) is 43.3 Å². The van der Waals surface area contributed by atoms with E-state index in [1.54, 1.807) is 18.2 Å². The molecule has 0 aliphatic rings. The Bertz CT molecular complexity index is 918. The molecule has 0 fully saturated rings. The Morgan fingerprint density at radius 3 is 2.31 bits per heavy atom. The van der Waals surface area contributed by atoms with Gasteiger partial charge < -0.3 is 10.1 Å². The molecule has 3 aromatic carbocycles. The number of allylic oxidation sites excluding steroid dienone is 2. The zero-order valence-corrected chi connectivity index (χ0v) is 15.9. The van der Waals surface area contributed by atoms with Gasteiger partial charge in [0.2, 0.25) is 0 Å². The van der Waals surface area contributed by atoms with Crippen LogP contribution in [-0.2, 0) is 0 Å². The maximum atomic E-state index is 12.3. The van der Waals surface area contributed by atoms with E-state index in [4.69, 9.17) is 4.74 Å². The lowest BCUT2D eigenvalue weighted by atomic mass is 10.1. The molecule has 0 aromatic heterocycles. The predicted octanol–water partition coefficient (Wildman–Crippen LogP) is 6.44. The second kappa shape index (κ2) is 8.50. The summed E-state index contributed by atoms with van der Waals surface area (Å²) in [6.07, 6.45) is 1.59. The molecular formula is C22H18BrNO2. The standard InChI is InChI=1S/C22H18BrNO2/c1-16(15-21(25)17-7-3-2-4-8-17)24-20-9-5-6-10-22(20)26-19-13-11-18(23)12-14-19/h2-15,24H,1H3. The molecule has 0 aliphatic carbocycles. The third kappa shape index (κ3) is 4.83. The summed E-state index contributed by atoms with van der Waals surface area (Å²) in [5, 5.41) is 3.25. The third-order valence-electron chi connectivity index (χ3n) is 3.67.